The van der Waals surface area contributed by atoms with E-state index in [9.17, 15) is 9.59 Å². The van der Waals surface area contributed by atoms with Crippen LogP contribution in [0.4, 0.5) is 0 Å². The third kappa shape index (κ3) is 3.13. The quantitative estimate of drug-likeness (QED) is 0.741. The first-order valence-corrected chi connectivity index (χ1v) is 8.43. The summed E-state index contributed by atoms with van der Waals surface area (Å²) in [5.74, 6) is -0.433. The number of carboxylic acids is 1. The van der Waals surface area contributed by atoms with Crippen LogP contribution in [0.3, 0.4) is 0 Å². The Balaban J connectivity index is 1.62. The average Bonchev–Trinajstić information content (AvgIpc) is 3.26. The maximum absolute atomic E-state index is 11.9. The standard InChI is InChI=1S/C20H18N2O4/c23-19(21-11-20(24)25)12-22-7-5-13-1-2-15(10-17(13)22)14-3-4-18-16(9-14)6-8-26-18/h1-5,7,9-10H,6,8,11-12H2,(H,21,23)(H,24,25). The molecule has 0 atom stereocenters. The first-order chi connectivity index (χ1) is 12.6. The fraction of sp³-hybridized carbons (Fsp3) is 0.200. The number of carbonyl (C=O) groups excluding carboxylic acids is 1. The summed E-state index contributed by atoms with van der Waals surface area (Å²) >= 11 is 0. The van der Waals surface area contributed by atoms with Gasteiger partial charge in [-0.2, -0.15) is 0 Å². The van der Waals surface area contributed by atoms with E-state index in [0.29, 0.717) is 0 Å². The van der Waals surface area contributed by atoms with E-state index >= 15 is 0 Å². The van der Waals surface area contributed by atoms with Gasteiger partial charge in [-0.3, -0.25) is 9.59 Å². The molecule has 0 saturated carbocycles. The zero-order valence-corrected chi connectivity index (χ0v) is 14.1. The number of hydrogen-bond donors (Lipinski definition) is 2. The molecule has 4 rings (SSSR count). The summed E-state index contributed by atoms with van der Waals surface area (Å²) in [5, 5.41) is 12.1. The number of nitrogens with zero attached hydrogens (tertiary/aromatic N) is 1. The number of carboxylic acid groups (broad SMARTS) is 1. The largest absolute Gasteiger partial charge is 0.493 e. The van der Waals surface area contributed by atoms with Gasteiger partial charge in [0.1, 0.15) is 18.8 Å². The van der Waals surface area contributed by atoms with E-state index in [0.717, 1.165) is 40.8 Å². The Morgan fingerprint density at radius 1 is 1.12 bits per heavy atom. The predicted octanol–water partition coefficient (Wildman–Crippen LogP) is 2.44. The fourth-order valence-corrected chi connectivity index (χ4v) is 3.25. The molecule has 6 heteroatoms. The molecule has 2 aromatic carbocycles. The molecule has 0 bridgehead atoms. The van der Waals surface area contributed by atoms with Crippen molar-refractivity contribution in [3.63, 3.8) is 0 Å². The van der Waals surface area contributed by atoms with E-state index in [4.69, 9.17) is 9.84 Å². The second kappa shape index (κ2) is 6.55. The van der Waals surface area contributed by atoms with Crippen LogP contribution in [0, 0.1) is 0 Å². The van der Waals surface area contributed by atoms with Crippen LogP contribution in [0.15, 0.2) is 48.7 Å². The normalized spacial score (nSPS) is 12.6. The van der Waals surface area contributed by atoms with E-state index in [1.54, 1.807) is 0 Å². The Bertz CT molecular complexity index is 1010. The predicted molar refractivity (Wildman–Crippen MR) is 97.2 cm³/mol. The summed E-state index contributed by atoms with van der Waals surface area (Å²) in [6.07, 6.45) is 2.76. The van der Waals surface area contributed by atoms with E-state index < -0.39 is 5.97 Å². The number of aromatic nitrogens is 1. The molecular weight excluding hydrogens is 332 g/mol. The van der Waals surface area contributed by atoms with E-state index in [-0.39, 0.29) is 19.0 Å². The molecule has 0 unspecified atom stereocenters. The lowest BCUT2D eigenvalue weighted by atomic mass is 10.0. The molecular formula is C20H18N2O4. The van der Waals surface area contributed by atoms with Crippen molar-refractivity contribution < 1.29 is 19.4 Å². The molecule has 0 aliphatic carbocycles. The van der Waals surface area contributed by atoms with Crippen LogP contribution in [0.5, 0.6) is 5.75 Å². The number of amides is 1. The van der Waals surface area contributed by atoms with Crippen molar-refractivity contribution in [1.29, 1.82) is 0 Å². The number of fused-ring (bicyclic) bond motifs is 2. The molecule has 0 saturated heterocycles. The number of nitrogens with one attached hydrogen (secondary N) is 1. The number of carbonyl (C=O) groups is 2. The summed E-state index contributed by atoms with van der Waals surface area (Å²) in [6.45, 7) is 0.435. The molecule has 6 nitrogen and oxygen atoms in total. The Labute approximate surface area is 150 Å². The molecule has 132 valence electrons. The number of hydrogen-bond acceptors (Lipinski definition) is 3. The van der Waals surface area contributed by atoms with Gasteiger partial charge >= 0.3 is 5.97 Å². The Morgan fingerprint density at radius 3 is 2.77 bits per heavy atom. The minimum Gasteiger partial charge on any atom is -0.493 e. The molecule has 1 aliphatic heterocycles. The van der Waals surface area contributed by atoms with Gasteiger partial charge in [-0.1, -0.05) is 18.2 Å². The molecule has 2 heterocycles. The molecule has 1 amide bonds. The Kier molecular flexibility index (Phi) is 4.08. The first kappa shape index (κ1) is 16.2. The number of aliphatic carboxylic acids is 1. The zero-order chi connectivity index (χ0) is 18.1. The Morgan fingerprint density at radius 2 is 1.92 bits per heavy atom. The lowest BCUT2D eigenvalue weighted by molar-refractivity contribution is -0.138. The molecule has 1 aliphatic rings. The van der Waals surface area contributed by atoms with Gasteiger partial charge in [0.2, 0.25) is 5.91 Å². The van der Waals surface area contributed by atoms with Crippen molar-refractivity contribution in [2.45, 2.75) is 13.0 Å². The van der Waals surface area contributed by atoms with Crippen LogP contribution in [0.1, 0.15) is 5.56 Å². The van der Waals surface area contributed by atoms with Gasteiger partial charge in [0.25, 0.3) is 0 Å². The second-order valence-corrected chi connectivity index (χ2v) is 6.31. The summed E-state index contributed by atoms with van der Waals surface area (Å²) < 4.78 is 7.39. The molecule has 26 heavy (non-hydrogen) atoms. The van der Waals surface area contributed by atoms with Crippen LogP contribution in [0.2, 0.25) is 0 Å². The molecule has 1 aromatic heterocycles. The van der Waals surface area contributed by atoms with Crippen molar-refractivity contribution in [1.82, 2.24) is 9.88 Å². The van der Waals surface area contributed by atoms with Crippen LogP contribution in [-0.2, 0) is 22.6 Å². The molecule has 0 spiro atoms. The lowest BCUT2D eigenvalue weighted by Crippen LogP contribution is -2.31. The smallest absolute Gasteiger partial charge is 0.322 e. The molecule has 0 radical (unpaired) electrons. The van der Waals surface area contributed by atoms with Crippen molar-refractivity contribution in [2.24, 2.45) is 0 Å². The van der Waals surface area contributed by atoms with E-state index in [1.165, 1.54) is 5.56 Å². The van der Waals surface area contributed by atoms with E-state index in [2.05, 4.69) is 23.5 Å². The van der Waals surface area contributed by atoms with Gasteiger partial charge in [-0.25, -0.2) is 0 Å². The van der Waals surface area contributed by atoms with Gasteiger partial charge in [-0.15, -0.1) is 0 Å². The van der Waals surface area contributed by atoms with Gasteiger partial charge in [0, 0.05) is 18.1 Å². The van der Waals surface area contributed by atoms with Crippen LogP contribution < -0.4 is 10.1 Å². The third-order valence-electron chi connectivity index (χ3n) is 4.55. The molecule has 2 N–H and O–H groups in total. The van der Waals surface area contributed by atoms with Gasteiger partial charge in [-0.05, 0) is 46.3 Å². The molecule has 3 aromatic rings. The van der Waals surface area contributed by atoms with Gasteiger partial charge in [0.05, 0.1) is 6.61 Å². The highest BCUT2D eigenvalue weighted by Crippen LogP contribution is 2.32. The summed E-state index contributed by atoms with van der Waals surface area (Å²) in [5.41, 5.74) is 4.33. The average molecular weight is 350 g/mol. The van der Waals surface area contributed by atoms with Gasteiger partial charge < -0.3 is 19.7 Å². The first-order valence-electron chi connectivity index (χ1n) is 8.43. The van der Waals surface area contributed by atoms with Crippen molar-refractivity contribution in [3.8, 4) is 16.9 Å². The van der Waals surface area contributed by atoms with Crippen molar-refractivity contribution in [2.75, 3.05) is 13.2 Å². The van der Waals surface area contributed by atoms with Crippen LogP contribution in [-0.4, -0.2) is 34.7 Å². The minimum absolute atomic E-state index is 0.0816. The van der Waals surface area contributed by atoms with E-state index in [1.807, 2.05) is 35.0 Å². The van der Waals surface area contributed by atoms with Crippen LogP contribution in [0.25, 0.3) is 22.0 Å². The highest BCUT2D eigenvalue weighted by molar-refractivity contribution is 5.88. The fourth-order valence-electron chi connectivity index (χ4n) is 3.25. The third-order valence-corrected chi connectivity index (χ3v) is 4.55. The summed E-state index contributed by atoms with van der Waals surface area (Å²) in [7, 11) is 0. The SMILES string of the molecule is O=C(O)CNC(=O)Cn1ccc2ccc(-c3ccc4c(c3)CCO4)cc21. The zero-order valence-electron chi connectivity index (χ0n) is 14.1. The Hall–Kier alpha value is -3.28. The highest BCUT2D eigenvalue weighted by Gasteiger charge is 2.13. The topological polar surface area (TPSA) is 80.6 Å². The number of rotatable bonds is 5. The maximum Gasteiger partial charge on any atom is 0.322 e. The van der Waals surface area contributed by atoms with Gasteiger partial charge in [0.15, 0.2) is 0 Å². The van der Waals surface area contributed by atoms with Crippen LogP contribution >= 0.6 is 0 Å². The molecule has 0 fully saturated rings. The van der Waals surface area contributed by atoms with Crippen molar-refractivity contribution in [3.05, 3.63) is 54.2 Å². The summed E-state index contributed by atoms with van der Waals surface area (Å²) in [4.78, 5) is 22.5. The lowest BCUT2D eigenvalue weighted by Gasteiger charge is -2.08. The highest BCUT2D eigenvalue weighted by atomic mass is 16.5. The number of benzene rings is 2. The number of ether oxygens (including phenoxy) is 1. The summed E-state index contributed by atoms with van der Waals surface area (Å²) in [6, 6.07) is 14.3. The maximum atomic E-state index is 11.9. The van der Waals surface area contributed by atoms with Crippen molar-refractivity contribution >= 4 is 22.8 Å². The minimum atomic E-state index is -1.06. The monoisotopic (exact) mass is 350 g/mol. The second-order valence-electron chi connectivity index (χ2n) is 6.31.